The Kier molecular flexibility index (Phi) is 3.96. The van der Waals surface area contributed by atoms with Crippen LogP contribution in [0.1, 0.15) is 30.9 Å². The highest BCUT2D eigenvalue weighted by atomic mass is 16.5. The molecule has 0 aliphatic heterocycles. The van der Waals surface area contributed by atoms with Crippen LogP contribution in [0.2, 0.25) is 0 Å². The molecule has 0 aromatic heterocycles. The number of hydrogen-bond acceptors (Lipinski definition) is 4. The van der Waals surface area contributed by atoms with E-state index in [4.69, 9.17) is 9.84 Å². The van der Waals surface area contributed by atoms with Gasteiger partial charge in [0.2, 0.25) is 0 Å². The zero-order chi connectivity index (χ0) is 16.6. The number of allylic oxidation sites excluding steroid dienone is 1. The molecule has 0 saturated carbocycles. The van der Waals surface area contributed by atoms with Gasteiger partial charge in [-0.05, 0) is 36.2 Å². The number of ketones is 1. The molecule has 0 spiro atoms. The average Bonchev–Trinajstić information content (AvgIpc) is 2.53. The van der Waals surface area contributed by atoms with Crippen LogP contribution in [0, 0.1) is 0 Å². The zero-order valence-electron chi connectivity index (χ0n) is 13.2. The first-order chi connectivity index (χ1) is 10.9. The van der Waals surface area contributed by atoms with E-state index in [0.717, 1.165) is 21.9 Å². The number of carbonyl (C=O) groups is 1. The maximum Gasteiger partial charge on any atom is 0.174 e. The number of hydrogen-bond donors (Lipinski definition) is 2. The zero-order valence-corrected chi connectivity index (χ0v) is 13.2. The average molecular weight is 312 g/mol. The van der Waals surface area contributed by atoms with Crippen LogP contribution in [-0.4, -0.2) is 34.8 Å². The van der Waals surface area contributed by atoms with Gasteiger partial charge in [-0.15, -0.1) is 0 Å². The molecule has 0 amide bonds. The summed E-state index contributed by atoms with van der Waals surface area (Å²) in [5.41, 5.74) is 0.396. The Hall–Kier alpha value is -2.17. The molecule has 3 rings (SSSR count). The Morgan fingerprint density at radius 1 is 1.26 bits per heavy atom. The van der Waals surface area contributed by atoms with Crippen LogP contribution in [0.5, 0.6) is 5.75 Å². The highest BCUT2D eigenvalue weighted by Gasteiger charge is 2.33. The van der Waals surface area contributed by atoms with Gasteiger partial charge in [0.25, 0.3) is 0 Å². The van der Waals surface area contributed by atoms with Gasteiger partial charge in [0.15, 0.2) is 5.78 Å². The summed E-state index contributed by atoms with van der Waals surface area (Å²) in [7, 11) is 0. The maximum atomic E-state index is 12.6. The molecule has 1 unspecified atom stereocenters. The third-order valence-corrected chi connectivity index (χ3v) is 4.10. The van der Waals surface area contributed by atoms with E-state index in [1.54, 1.807) is 0 Å². The minimum absolute atomic E-state index is 0.0529. The van der Waals surface area contributed by atoms with Gasteiger partial charge in [-0.1, -0.05) is 36.4 Å². The Labute approximate surface area is 135 Å². The van der Waals surface area contributed by atoms with E-state index in [1.165, 1.54) is 13.8 Å². The normalized spacial score (nSPS) is 16.6. The highest BCUT2D eigenvalue weighted by Crippen LogP contribution is 2.40. The predicted octanol–water partition coefficient (Wildman–Crippen LogP) is 2.66. The molecule has 4 nitrogen and oxygen atoms in total. The summed E-state index contributed by atoms with van der Waals surface area (Å²) in [6, 6.07) is 9.64. The molecule has 0 heterocycles. The first-order valence-electron chi connectivity index (χ1n) is 7.67. The number of Topliss-reactive ketones (excluding diaryl/α,β-unsaturated/α-hetero) is 1. The largest absolute Gasteiger partial charge is 0.491 e. The third kappa shape index (κ3) is 2.76. The molecule has 0 radical (unpaired) electrons. The number of rotatable bonds is 5. The molecule has 1 aliphatic carbocycles. The maximum absolute atomic E-state index is 12.6. The lowest BCUT2D eigenvalue weighted by molar-refractivity contribution is -0.134. The first kappa shape index (κ1) is 15.7. The molecule has 23 heavy (non-hydrogen) atoms. The van der Waals surface area contributed by atoms with Gasteiger partial charge in [0, 0.05) is 5.56 Å². The summed E-state index contributed by atoms with van der Waals surface area (Å²) >= 11 is 0. The van der Waals surface area contributed by atoms with Crippen LogP contribution < -0.4 is 4.74 Å². The lowest BCUT2D eigenvalue weighted by atomic mass is 9.79. The topological polar surface area (TPSA) is 66.8 Å². The molecule has 120 valence electrons. The minimum Gasteiger partial charge on any atom is -0.491 e. The lowest BCUT2D eigenvalue weighted by Gasteiger charge is -2.26. The van der Waals surface area contributed by atoms with E-state index in [-0.39, 0.29) is 19.0 Å². The van der Waals surface area contributed by atoms with Crippen LogP contribution in [0.25, 0.3) is 16.8 Å². The van der Waals surface area contributed by atoms with Crippen molar-refractivity contribution in [3.8, 4) is 5.75 Å². The van der Waals surface area contributed by atoms with Gasteiger partial charge in [-0.3, -0.25) is 4.79 Å². The van der Waals surface area contributed by atoms with Crippen molar-refractivity contribution in [3.63, 3.8) is 0 Å². The van der Waals surface area contributed by atoms with Crippen molar-refractivity contribution in [3.05, 3.63) is 47.5 Å². The van der Waals surface area contributed by atoms with Crippen molar-refractivity contribution in [2.75, 3.05) is 13.2 Å². The fourth-order valence-electron chi connectivity index (χ4n) is 3.03. The number of aliphatic hydroxyl groups is 2. The first-order valence-corrected chi connectivity index (χ1v) is 7.67. The van der Waals surface area contributed by atoms with Gasteiger partial charge in [-0.25, -0.2) is 0 Å². The number of carbonyl (C=O) groups excluding carboxylic acids is 1. The third-order valence-electron chi connectivity index (χ3n) is 4.10. The van der Waals surface area contributed by atoms with E-state index in [1.807, 2.05) is 42.5 Å². The molecule has 2 aromatic carbocycles. The predicted molar refractivity (Wildman–Crippen MR) is 89.6 cm³/mol. The van der Waals surface area contributed by atoms with E-state index < -0.39 is 11.5 Å². The number of aliphatic hydroxyl groups excluding tert-OH is 1. The van der Waals surface area contributed by atoms with Crippen molar-refractivity contribution in [1.82, 2.24) is 0 Å². The fourth-order valence-corrected chi connectivity index (χ4v) is 3.03. The van der Waals surface area contributed by atoms with Crippen LogP contribution in [-0.2, 0) is 4.79 Å². The van der Waals surface area contributed by atoms with Gasteiger partial charge in [0.1, 0.15) is 18.0 Å². The Morgan fingerprint density at radius 2 is 2.04 bits per heavy atom. The summed E-state index contributed by atoms with van der Waals surface area (Å²) in [5.74, 6) is -0.0164. The fraction of sp³-hybridized carbons (Fsp3) is 0.316. The molecule has 1 atom stereocenters. The summed E-state index contributed by atoms with van der Waals surface area (Å²) in [6.45, 7) is 3.20. The van der Waals surface area contributed by atoms with Gasteiger partial charge >= 0.3 is 0 Å². The summed E-state index contributed by atoms with van der Waals surface area (Å²) in [5, 5.41) is 21.0. The van der Waals surface area contributed by atoms with Gasteiger partial charge < -0.3 is 14.9 Å². The molecule has 1 aliphatic rings. The SMILES string of the molecule is CC(C)(O)C(=O)C1C=Cc2c(OCCO)ccc3cccc1c23. The van der Waals surface area contributed by atoms with Crippen LogP contribution in [0.15, 0.2) is 36.4 Å². The van der Waals surface area contributed by atoms with Crippen molar-refractivity contribution in [1.29, 1.82) is 0 Å². The summed E-state index contributed by atoms with van der Waals surface area (Å²) in [4.78, 5) is 12.6. The second kappa shape index (κ2) is 5.80. The van der Waals surface area contributed by atoms with Gasteiger partial charge in [0.05, 0.1) is 12.5 Å². The van der Waals surface area contributed by atoms with Crippen molar-refractivity contribution < 1.29 is 19.7 Å². The van der Waals surface area contributed by atoms with Crippen molar-refractivity contribution in [2.45, 2.75) is 25.4 Å². The van der Waals surface area contributed by atoms with Crippen molar-refractivity contribution in [2.24, 2.45) is 0 Å². The Bertz CT molecular complexity index is 784. The minimum atomic E-state index is -1.39. The Morgan fingerprint density at radius 3 is 2.74 bits per heavy atom. The molecule has 2 N–H and O–H groups in total. The quantitative estimate of drug-likeness (QED) is 0.891. The van der Waals surface area contributed by atoms with E-state index in [9.17, 15) is 9.90 Å². The van der Waals surface area contributed by atoms with E-state index >= 15 is 0 Å². The highest BCUT2D eigenvalue weighted by molar-refractivity contribution is 6.05. The van der Waals surface area contributed by atoms with E-state index in [2.05, 4.69) is 0 Å². The van der Waals surface area contributed by atoms with Gasteiger partial charge in [-0.2, -0.15) is 0 Å². The molecule has 0 bridgehead atoms. The van der Waals surface area contributed by atoms with Crippen LogP contribution in [0.4, 0.5) is 0 Å². The molecular formula is C19H20O4. The summed E-state index contributed by atoms with van der Waals surface area (Å²) < 4.78 is 5.60. The smallest absolute Gasteiger partial charge is 0.174 e. The monoisotopic (exact) mass is 312 g/mol. The molecule has 4 heteroatoms. The number of benzene rings is 2. The van der Waals surface area contributed by atoms with Crippen LogP contribution in [0.3, 0.4) is 0 Å². The lowest BCUT2D eigenvalue weighted by Crippen LogP contribution is -2.35. The standard InChI is InChI=1S/C19H20O4/c1-19(2,22)18(21)14-7-8-15-16(23-11-10-20)9-6-12-4-3-5-13(14)17(12)15/h3-9,14,20,22H,10-11H2,1-2H3. The Balaban J connectivity index is 2.16. The van der Waals surface area contributed by atoms with Crippen LogP contribution >= 0.6 is 0 Å². The molecule has 0 saturated heterocycles. The number of ether oxygens (including phenoxy) is 1. The second-order valence-corrected chi connectivity index (χ2v) is 6.25. The molecule has 2 aromatic rings. The van der Waals surface area contributed by atoms with Crippen molar-refractivity contribution >= 4 is 22.6 Å². The molecular weight excluding hydrogens is 292 g/mol. The summed E-state index contributed by atoms with van der Waals surface area (Å²) in [6.07, 6.45) is 3.68. The molecule has 0 fully saturated rings. The second-order valence-electron chi connectivity index (χ2n) is 6.25. The van der Waals surface area contributed by atoms with E-state index in [0.29, 0.717) is 5.75 Å².